The van der Waals surface area contributed by atoms with Crippen LogP contribution in [0.3, 0.4) is 0 Å². The van der Waals surface area contributed by atoms with Gasteiger partial charge in [0.05, 0.1) is 12.3 Å². The molecule has 1 amide bonds. The SMILES string of the molecule is CCOC(=O)c1cc(NC(=O)c2sc(Cl)nc2C)on1. The molecule has 106 valence electrons. The number of thiazole rings is 1. The highest BCUT2D eigenvalue weighted by Gasteiger charge is 2.18. The van der Waals surface area contributed by atoms with E-state index in [1.807, 2.05) is 0 Å². The Morgan fingerprint density at radius 1 is 1.55 bits per heavy atom. The molecule has 0 saturated carbocycles. The molecular weight excluding hydrogens is 306 g/mol. The highest BCUT2D eigenvalue weighted by atomic mass is 35.5. The normalized spacial score (nSPS) is 10.3. The van der Waals surface area contributed by atoms with Crippen LogP contribution in [0.1, 0.15) is 32.8 Å². The Balaban J connectivity index is 2.09. The van der Waals surface area contributed by atoms with Crippen molar-refractivity contribution in [2.75, 3.05) is 11.9 Å². The first-order chi connectivity index (χ1) is 9.51. The number of aryl methyl sites for hydroxylation is 1. The number of anilines is 1. The molecule has 2 aromatic heterocycles. The molecular formula is C11H10ClN3O4S. The van der Waals surface area contributed by atoms with Crippen LogP contribution in [0.15, 0.2) is 10.6 Å². The molecule has 0 fully saturated rings. The summed E-state index contributed by atoms with van der Waals surface area (Å²) in [5.41, 5.74) is 0.504. The summed E-state index contributed by atoms with van der Waals surface area (Å²) in [4.78, 5) is 27.6. The molecule has 0 aliphatic rings. The molecule has 0 aliphatic heterocycles. The van der Waals surface area contributed by atoms with Gasteiger partial charge in [-0.1, -0.05) is 28.1 Å². The molecule has 0 radical (unpaired) electrons. The zero-order chi connectivity index (χ0) is 14.7. The molecule has 0 saturated heterocycles. The average Bonchev–Trinajstić information content (AvgIpc) is 2.96. The second-order valence-corrected chi connectivity index (χ2v) is 5.21. The fourth-order valence-electron chi connectivity index (χ4n) is 1.38. The lowest BCUT2D eigenvalue weighted by Gasteiger charge is -1.97. The van der Waals surface area contributed by atoms with E-state index < -0.39 is 11.9 Å². The Morgan fingerprint density at radius 2 is 2.30 bits per heavy atom. The molecule has 2 rings (SSSR count). The van der Waals surface area contributed by atoms with Crippen LogP contribution in [0.5, 0.6) is 0 Å². The zero-order valence-corrected chi connectivity index (χ0v) is 12.2. The van der Waals surface area contributed by atoms with E-state index >= 15 is 0 Å². The molecule has 0 unspecified atom stereocenters. The number of rotatable bonds is 4. The van der Waals surface area contributed by atoms with Crippen molar-refractivity contribution in [2.45, 2.75) is 13.8 Å². The van der Waals surface area contributed by atoms with Gasteiger partial charge < -0.3 is 9.26 Å². The number of hydrogen-bond donors (Lipinski definition) is 1. The predicted molar refractivity (Wildman–Crippen MR) is 72.3 cm³/mol. The zero-order valence-electron chi connectivity index (χ0n) is 10.6. The molecule has 0 bridgehead atoms. The minimum atomic E-state index is -0.617. The van der Waals surface area contributed by atoms with E-state index in [0.29, 0.717) is 10.6 Å². The summed E-state index contributed by atoms with van der Waals surface area (Å²) < 4.78 is 9.87. The van der Waals surface area contributed by atoms with E-state index in [1.54, 1.807) is 13.8 Å². The van der Waals surface area contributed by atoms with Gasteiger partial charge >= 0.3 is 5.97 Å². The van der Waals surface area contributed by atoms with Crippen molar-refractivity contribution in [1.82, 2.24) is 10.1 Å². The van der Waals surface area contributed by atoms with Crippen molar-refractivity contribution in [3.05, 3.63) is 26.8 Å². The topological polar surface area (TPSA) is 94.3 Å². The Bertz CT molecular complexity index is 652. The number of nitrogens with one attached hydrogen (secondary N) is 1. The largest absolute Gasteiger partial charge is 0.461 e. The van der Waals surface area contributed by atoms with E-state index in [4.69, 9.17) is 20.9 Å². The molecule has 0 atom stereocenters. The number of amides is 1. The van der Waals surface area contributed by atoms with Crippen LogP contribution in [-0.4, -0.2) is 28.6 Å². The predicted octanol–water partition coefficient (Wildman–Crippen LogP) is 2.52. The number of halogens is 1. The van der Waals surface area contributed by atoms with Crippen molar-refractivity contribution >= 4 is 40.7 Å². The molecule has 7 nitrogen and oxygen atoms in total. The second-order valence-electron chi connectivity index (χ2n) is 3.63. The smallest absolute Gasteiger partial charge is 0.360 e. The lowest BCUT2D eigenvalue weighted by molar-refractivity contribution is 0.0514. The maximum absolute atomic E-state index is 11.9. The standard InChI is InChI=1S/C11H10ClN3O4S/c1-3-18-10(17)6-4-7(19-15-6)14-9(16)8-5(2)13-11(12)20-8/h4H,3H2,1-2H3,(H,14,16). The molecule has 0 aliphatic carbocycles. The van der Waals surface area contributed by atoms with Crippen molar-refractivity contribution < 1.29 is 18.8 Å². The fourth-order valence-corrected chi connectivity index (χ4v) is 2.42. The highest BCUT2D eigenvalue weighted by Crippen LogP contribution is 2.23. The number of esters is 1. The van der Waals surface area contributed by atoms with Crippen molar-refractivity contribution in [3.63, 3.8) is 0 Å². The number of hydrogen-bond acceptors (Lipinski definition) is 7. The minimum Gasteiger partial charge on any atom is -0.461 e. The molecule has 9 heteroatoms. The molecule has 2 aromatic rings. The lowest BCUT2D eigenvalue weighted by Crippen LogP contribution is -2.11. The van der Waals surface area contributed by atoms with Crippen molar-refractivity contribution in [1.29, 1.82) is 0 Å². The Kier molecular flexibility index (Phi) is 4.35. The van der Waals surface area contributed by atoms with Gasteiger partial charge in [-0.3, -0.25) is 10.1 Å². The molecule has 0 spiro atoms. The lowest BCUT2D eigenvalue weighted by atomic mass is 10.3. The van der Waals surface area contributed by atoms with Gasteiger partial charge in [-0.25, -0.2) is 9.78 Å². The number of ether oxygens (including phenoxy) is 1. The maximum atomic E-state index is 11.9. The maximum Gasteiger partial charge on any atom is 0.360 e. The molecule has 1 N–H and O–H groups in total. The average molecular weight is 316 g/mol. The first kappa shape index (κ1) is 14.5. The Labute approximate surface area is 122 Å². The van der Waals surface area contributed by atoms with Crippen LogP contribution in [0, 0.1) is 6.92 Å². The van der Waals surface area contributed by atoms with Crippen LogP contribution in [0.2, 0.25) is 4.47 Å². The third-order valence-electron chi connectivity index (χ3n) is 2.21. The van der Waals surface area contributed by atoms with Crippen LogP contribution in [-0.2, 0) is 4.74 Å². The van der Waals surface area contributed by atoms with E-state index in [2.05, 4.69) is 15.5 Å². The first-order valence-electron chi connectivity index (χ1n) is 5.59. The van der Waals surface area contributed by atoms with E-state index in [9.17, 15) is 9.59 Å². The van der Waals surface area contributed by atoms with Gasteiger partial charge in [-0.05, 0) is 13.8 Å². The third kappa shape index (κ3) is 3.14. The molecule has 2 heterocycles. The van der Waals surface area contributed by atoms with Crippen molar-refractivity contribution in [2.24, 2.45) is 0 Å². The van der Waals surface area contributed by atoms with Crippen molar-refractivity contribution in [3.8, 4) is 0 Å². The third-order valence-corrected chi connectivity index (χ3v) is 3.47. The summed E-state index contributed by atoms with van der Waals surface area (Å²) >= 11 is 6.78. The van der Waals surface area contributed by atoms with E-state index in [1.165, 1.54) is 6.07 Å². The minimum absolute atomic E-state index is 0.0128. The van der Waals surface area contributed by atoms with Crippen LogP contribution >= 0.6 is 22.9 Å². The number of carbonyl (C=O) groups is 2. The monoisotopic (exact) mass is 315 g/mol. The van der Waals surface area contributed by atoms with Gasteiger partial charge in [-0.15, -0.1) is 0 Å². The summed E-state index contributed by atoms with van der Waals surface area (Å²) in [7, 11) is 0. The fraction of sp³-hybridized carbons (Fsp3) is 0.273. The first-order valence-corrected chi connectivity index (χ1v) is 6.78. The summed E-state index contributed by atoms with van der Waals surface area (Å²) in [6.07, 6.45) is 0. The quantitative estimate of drug-likeness (QED) is 0.871. The van der Waals surface area contributed by atoms with Gasteiger partial charge in [0.2, 0.25) is 5.88 Å². The summed E-state index contributed by atoms with van der Waals surface area (Å²) in [6, 6.07) is 1.29. The van der Waals surface area contributed by atoms with E-state index in [-0.39, 0.29) is 22.7 Å². The summed E-state index contributed by atoms with van der Waals surface area (Å²) in [6.45, 7) is 3.57. The second kappa shape index (κ2) is 6.02. The molecule has 20 heavy (non-hydrogen) atoms. The highest BCUT2D eigenvalue weighted by molar-refractivity contribution is 7.17. The van der Waals surface area contributed by atoms with Crippen LogP contribution in [0.4, 0.5) is 5.88 Å². The van der Waals surface area contributed by atoms with Gasteiger partial charge in [0, 0.05) is 6.07 Å². The number of carbonyl (C=O) groups excluding carboxylic acids is 2. The summed E-state index contributed by atoms with van der Waals surface area (Å²) in [5.74, 6) is -1.01. The van der Waals surface area contributed by atoms with Crippen LogP contribution < -0.4 is 5.32 Å². The van der Waals surface area contributed by atoms with E-state index in [0.717, 1.165) is 11.3 Å². The van der Waals surface area contributed by atoms with Gasteiger partial charge in [0.25, 0.3) is 5.91 Å². The Morgan fingerprint density at radius 3 is 2.90 bits per heavy atom. The van der Waals surface area contributed by atoms with Crippen LogP contribution in [0.25, 0.3) is 0 Å². The van der Waals surface area contributed by atoms with Gasteiger partial charge in [0.1, 0.15) is 4.88 Å². The number of aromatic nitrogens is 2. The number of nitrogens with zero attached hydrogens (tertiary/aromatic N) is 2. The van der Waals surface area contributed by atoms with Gasteiger partial charge in [-0.2, -0.15) is 0 Å². The summed E-state index contributed by atoms with van der Waals surface area (Å²) in [5, 5.41) is 5.97. The Hall–Kier alpha value is -1.93. The van der Waals surface area contributed by atoms with Gasteiger partial charge in [0.15, 0.2) is 10.2 Å². The molecule has 0 aromatic carbocycles.